The highest BCUT2D eigenvalue weighted by molar-refractivity contribution is 5.99. The maximum absolute atomic E-state index is 12.2. The highest BCUT2D eigenvalue weighted by Gasteiger charge is 2.17. The smallest absolute Gasteiger partial charge is 0.166 e. The molecular weight excluding hydrogens is 228 g/mol. The monoisotopic (exact) mass is 250 g/mol. The molecule has 0 aliphatic heterocycles. The minimum absolute atomic E-state index is 0.0998. The summed E-state index contributed by atoms with van der Waals surface area (Å²) in [5.74, 6) is 1.82. The zero-order valence-electron chi connectivity index (χ0n) is 11.9. The van der Waals surface area contributed by atoms with Gasteiger partial charge in [0.2, 0.25) is 0 Å². The summed E-state index contributed by atoms with van der Waals surface area (Å²) in [6, 6.07) is 3.69. The van der Waals surface area contributed by atoms with Gasteiger partial charge in [-0.2, -0.15) is 0 Å². The molecule has 0 amide bonds. The Morgan fingerprint density at radius 3 is 2.22 bits per heavy atom. The Morgan fingerprint density at radius 1 is 1.17 bits per heavy atom. The quantitative estimate of drug-likeness (QED) is 0.725. The van der Waals surface area contributed by atoms with Crippen molar-refractivity contribution in [2.24, 2.45) is 5.92 Å². The molecular formula is C15H22O3. The average molecular weight is 250 g/mol. The van der Waals surface area contributed by atoms with Crippen LogP contribution in [-0.4, -0.2) is 20.0 Å². The minimum Gasteiger partial charge on any atom is -0.496 e. The van der Waals surface area contributed by atoms with E-state index in [0.717, 1.165) is 17.7 Å². The number of ketones is 1. The molecule has 1 aromatic carbocycles. The number of ether oxygens (including phenoxy) is 2. The second-order valence-electron chi connectivity index (χ2n) is 4.74. The summed E-state index contributed by atoms with van der Waals surface area (Å²) in [6.45, 7) is 6.11. The molecule has 0 radical (unpaired) electrons. The Kier molecular flexibility index (Phi) is 5.20. The molecule has 1 aromatic rings. The van der Waals surface area contributed by atoms with Gasteiger partial charge in [0.25, 0.3) is 0 Å². The van der Waals surface area contributed by atoms with E-state index in [2.05, 4.69) is 0 Å². The maximum atomic E-state index is 12.2. The van der Waals surface area contributed by atoms with Gasteiger partial charge in [0.1, 0.15) is 11.5 Å². The first-order chi connectivity index (χ1) is 8.53. The van der Waals surface area contributed by atoms with Crippen LogP contribution in [-0.2, 0) is 6.42 Å². The number of hydrogen-bond acceptors (Lipinski definition) is 3. The molecule has 18 heavy (non-hydrogen) atoms. The van der Waals surface area contributed by atoms with Gasteiger partial charge in [0.05, 0.1) is 19.8 Å². The maximum Gasteiger partial charge on any atom is 0.166 e. The lowest BCUT2D eigenvalue weighted by Crippen LogP contribution is -2.07. The number of carbonyl (C=O) groups is 1. The Balaban J connectivity index is 3.20. The van der Waals surface area contributed by atoms with E-state index < -0.39 is 0 Å². The zero-order valence-corrected chi connectivity index (χ0v) is 11.9. The van der Waals surface area contributed by atoms with E-state index in [1.54, 1.807) is 20.3 Å². The largest absolute Gasteiger partial charge is 0.496 e. The van der Waals surface area contributed by atoms with Crippen LogP contribution >= 0.6 is 0 Å². The molecule has 0 atom stereocenters. The van der Waals surface area contributed by atoms with E-state index in [1.165, 1.54) is 0 Å². The lowest BCUT2D eigenvalue weighted by Gasteiger charge is -2.14. The number of methoxy groups -OCH3 is 2. The van der Waals surface area contributed by atoms with Gasteiger partial charge >= 0.3 is 0 Å². The highest BCUT2D eigenvalue weighted by atomic mass is 16.5. The van der Waals surface area contributed by atoms with Crippen molar-refractivity contribution >= 4 is 5.78 Å². The van der Waals surface area contributed by atoms with Gasteiger partial charge in [-0.1, -0.05) is 20.8 Å². The molecule has 100 valence electrons. The molecule has 0 bridgehead atoms. The summed E-state index contributed by atoms with van der Waals surface area (Å²) in [7, 11) is 3.21. The summed E-state index contributed by atoms with van der Waals surface area (Å²) in [4.78, 5) is 12.2. The van der Waals surface area contributed by atoms with Crippen LogP contribution in [0.25, 0.3) is 0 Å². The molecule has 0 heterocycles. The Bertz CT molecular complexity index is 422. The predicted molar refractivity (Wildman–Crippen MR) is 72.7 cm³/mol. The molecule has 0 saturated carbocycles. The predicted octanol–water partition coefficient (Wildman–Crippen LogP) is 3.50. The molecule has 1 rings (SSSR count). The van der Waals surface area contributed by atoms with Crippen LogP contribution in [0.15, 0.2) is 12.1 Å². The third kappa shape index (κ3) is 3.25. The Hall–Kier alpha value is -1.51. The molecule has 0 fully saturated rings. The molecule has 0 aromatic heterocycles. The van der Waals surface area contributed by atoms with Crippen LogP contribution < -0.4 is 9.47 Å². The molecule has 3 nitrogen and oxygen atoms in total. The van der Waals surface area contributed by atoms with Crippen molar-refractivity contribution in [1.29, 1.82) is 0 Å². The van der Waals surface area contributed by atoms with E-state index in [9.17, 15) is 4.79 Å². The van der Waals surface area contributed by atoms with Crippen molar-refractivity contribution in [1.82, 2.24) is 0 Å². The lowest BCUT2D eigenvalue weighted by molar-refractivity contribution is 0.0964. The van der Waals surface area contributed by atoms with Gasteiger partial charge in [0.15, 0.2) is 5.78 Å². The number of Topliss-reactive ketones (excluding diaryl/α,β-unsaturated/α-hetero) is 1. The van der Waals surface area contributed by atoms with E-state index >= 15 is 0 Å². The van der Waals surface area contributed by atoms with Gasteiger partial charge in [0, 0.05) is 6.42 Å². The molecule has 0 aliphatic carbocycles. The lowest BCUT2D eigenvalue weighted by atomic mass is 9.98. The van der Waals surface area contributed by atoms with Gasteiger partial charge in [-0.15, -0.1) is 0 Å². The van der Waals surface area contributed by atoms with E-state index in [4.69, 9.17) is 9.47 Å². The van der Waals surface area contributed by atoms with Crippen LogP contribution in [0.3, 0.4) is 0 Å². The first-order valence-corrected chi connectivity index (χ1v) is 6.31. The summed E-state index contributed by atoms with van der Waals surface area (Å²) >= 11 is 0. The van der Waals surface area contributed by atoms with Crippen LogP contribution in [0.2, 0.25) is 0 Å². The summed E-state index contributed by atoms with van der Waals surface area (Å²) in [6.07, 6.45) is 1.36. The third-order valence-electron chi connectivity index (χ3n) is 2.88. The first kappa shape index (κ1) is 14.6. The molecule has 0 aliphatic rings. The van der Waals surface area contributed by atoms with Gasteiger partial charge in [-0.25, -0.2) is 0 Å². The SMILES string of the molecule is CCc1cc(OC)c(C(=O)CC(C)C)cc1OC. The summed E-state index contributed by atoms with van der Waals surface area (Å²) in [5.41, 5.74) is 1.66. The molecule has 0 saturated heterocycles. The van der Waals surface area contributed by atoms with Crippen molar-refractivity contribution in [3.63, 3.8) is 0 Å². The molecule has 0 N–H and O–H groups in total. The van der Waals surface area contributed by atoms with Crippen LogP contribution in [0.5, 0.6) is 11.5 Å². The Labute approximate surface area is 109 Å². The van der Waals surface area contributed by atoms with Crippen LogP contribution in [0.4, 0.5) is 0 Å². The number of carbonyl (C=O) groups excluding carboxylic acids is 1. The van der Waals surface area contributed by atoms with Gasteiger partial charge in [-0.05, 0) is 30.0 Å². The van der Waals surface area contributed by atoms with E-state index in [0.29, 0.717) is 23.7 Å². The minimum atomic E-state index is 0.0998. The fraction of sp³-hybridized carbons (Fsp3) is 0.533. The highest BCUT2D eigenvalue weighted by Crippen LogP contribution is 2.30. The second kappa shape index (κ2) is 6.43. The standard InChI is InChI=1S/C15H22O3/c1-6-11-8-15(18-5)12(9-14(11)17-4)13(16)7-10(2)3/h8-10H,6-7H2,1-5H3. The third-order valence-corrected chi connectivity index (χ3v) is 2.88. The average Bonchev–Trinajstić information content (AvgIpc) is 2.36. The van der Waals surface area contributed by atoms with Gasteiger partial charge in [-0.3, -0.25) is 4.79 Å². The van der Waals surface area contributed by atoms with Crippen molar-refractivity contribution in [2.45, 2.75) is 33.6 Å². The van der Waals surface area contributed by atoms with Crippen LogP contribution in [0.1, 0.15) is 43.1 Å². The fourth-order valence-corrected chi connectivity index (χ4v) is 1.94. The molecule has 0 spiro atoms. The normalized spacial score (nSPS) is 10.6. The molecule has 0 unspecified atom stereocenters. The Morgan fingerprint density at radius 2 is 1.78 bits per heavy atom. The van der Waals surface area contributed by atoms with Crippen LogP contribution in [0, 0.1) is 5.92 Å². The number of benzene rings is 1. The van der Waals surface area contributed by atoms with Crippen molar-refractivity contribution in [2.75, 3.05) is 14.2 Å². The number of rotatable bonds is 6. The second-order valence-corrected chi connectivity index (χ2v) is 4.74. The summed E-state index contributed by atoms with van der Waals surface area (Å²) in [5, 5.41) is 0. The van der Waals surface area contributed by atoms with Crippen molar-refractivity contribution in [3.05, 3.63) is 23.3 Å². The molecule has 3 heteroatoms. The van der Waals surface area contributed by atoms with Crippen molar-refractivity contribution in [3.8, 4) is 11.5 Å². The first-order valence-electron chi connectivity index (χ1n) is 6.31. The van der Waals surface area contributed by atoms with E-state index in [-0.39, 0.29) is 5.78 Å². The fourth-order valence-electron chi connectivity index (χ4n) is 1.94. The topological polar surface area (TPSA) is 35.5 Å². The zero-order chi connectivity index (χ0) is 13.7. The van der Waals surface area contributed by atoms with Crippen molar-refractivity contribution < 1.29 is 14.3 Å². The summed E-state index contributed by atoms with van der Waals surface area (Å²) < 4.78 is 10.6. The van der Waals surface area contributed by atoms with E-state index in [1.807, 2.05) is 26.8 Å². The number of hydrogen-bond donors (Lipinski definition) is 0. The number of aryl methyl sites for hydroxylation is 1. The van der Waals surface area contributed by atoms with Gasteiger partial charge < -0.3 is 9.47 Å².